The third-order valence-electron chi connectivity index (χ3n) is 5.66. The molecule has 4 N–H and O–H groups in total. The first-order chi connectivity index (χ1) is 15.4. The lowest BCUT2D eigenvalue weighted by atomic mass is 9.97. The van der Waals surface area contributed by atoms with Gasteiger partial charge in [-0.05, 0) is 42.2 Å². The van der Waals surface area contributed by atoms with Crippen LogP contribution in [0.3, 0.4) is 0 Å². The number of urea groups is 1. The number of aryl methyl sites for hydroxylation is 1. The standard InChI is InChI=1S/C25H30N4O3/c1-4-17(3)23(29-25(32)28-19-9-7-8-16(2)12-19)24(31)27-20(15-30)13-18-14-26-22-11-6-5-10-21(18)22/h5-12,14-15,17,20,23,26H,4,13H2,1-3H3,(H,27,31)(H2,28,29,32)/t17-,20+,23+/m1/s1. The Morgan fingerprint density at radius 3 is 2.59 bits per heavy atom. The predicted molar refractivity (Wildman–Crippen MR) is 127 cm³/mol. The van der Waals surface area contributed by atoms with E-state index in [9.17, 15) is 14.4 Å². The summed E-state index contributed by atoms with van der Waals surface area (Å²) in [6.07, 6.45) is 3.65. The number of hydrogen-bond donors (Lipinski definition) is 4. The van der Waals surface area contributed by atoms with Gasteiger partial charge in [0.25, 0.3) is 0 Å². The van der Waals surface area contributed by atoms with Gasteiger partial charge in [-0.3, -0.25) is 4.79 Å². The van der Waals surface area contributed by atoms with Crippen molar-refractivity contribution in [3.63, 3.8) is 0 Å². The van der Waals surface area contributed by atoms with Crippen molar-refractivity contribution in [2.24, 2.45) is 5.92 Å². The number of aldehydes is 1. The molecule has 7 nitrogen and oxygen atoms in total. The van der Waals surface area contributed by atoms with Crippen LogP contribution in [0, 0.1) is 12.8 Å². The Balaban J connectivity index is 1.67. The van der Waals surface area contributed by atoms with Crippen molar-refractivity contribution in [2.45, 2.75) is 45.7 Å². The van der Waals surface area contributed by atoms with E-state index in [1.165, 1.54) is 0 Å². The largest absolute Gasteiger partial charge is 0.361 e. The number of rotatable bonds is 9. The summed E-state index contributed by atoms with van der Waals surface area (Å²) >= 11 is 0. The maximum absolute atomic E-state index is 13.0. The summed E-state index contributed by atoms with van der Waals surface area (Å²) in [5.41, 5.74) is 3.59. The van der Waals surface area contributed by atoms with Gasteiger partial charge in [0.2, 0.25) is 5.91 Å². The summed E-state index contributed by atoms with van der Waals surface area (Å²) in [7, 11) is 0. The van der Waals surface area contributed by atoms with Crippen molar-refractivity contribution in [3.8, 4) is 0 Å². The summed E-state index contributed by atoms with van der Waals surface area (Å²) in [6, 6.07) is 13.3. The molecule has 0 bridgehead atoms. The second kappa shape index (κ2) is 10.6. The highest BCUT2D eigenvalue weighted by atomic mass is 16.2. The van der Waals surface area contributed by atoms with E-state index in [0.717, 1.165) is 28.3 Å². The predicted octanol–water partition coefficient (Wildman–Crippen LogP) is 3.94. The second-order valence-electron chi connectivity index (χ2n) is 8.15. The van der Waals surface area contributed by atoms with Gasteiger partial charge >= 0.3 is 6.03 Å². The molecule has 1 heterocycles. The summed E-state index contributed by atoms with van der Waals surface area (Å²) in [4.78, 5) is 40.5. The van der Waals surface area contributed by atoms with Crippen molar-refractivity contribution >= 4 is 34.8 Å². The molecule has 0 aliphatic rings. The number of aromatic amines is 1. The Bertz CT molecular complexity index is 1090. The number of fused-ring (bicyclic) bond motifs is 1. The SMILES string of the molecule is CC[C@@H](C)[C@H](NC(=O)Nc1cccc(C)c1)C(=O)N[C@H](C=O)Cc1c[nH]c2ccccc12. The number of nitrogens with one attached hydrogen (secondary N) is 4. The highest BCUT2D eigenvalue weighted by Crippen LogP contribution is 2.19. The van der Waals surface area contributed by atoms with Crippen LogP contribution in [0.1, 0.15) is 31.4 Å². The van der Waals surface area contributed by atoms with E-state index in [1.54, 1.807) is 6.07 Å². The van der Waals surface area contributed by atoms with Crippen LogP contribution >= 0.6 is 0 Å². The molecule has 0 saturated heterocycles. The fourth-order valence-electron chi connectivity index (χ4n) is 3.68. The topological polar surface area (TPSA) is 103 Å². The zero-order valence-electron chi connectivity index (χ0n) is 18.6. The van der Waals surface area contributed by atoms with Crippen molar-refractivity contribution in [1.29, 1.82) is 0 Å². The van der Waals surface area contributed by atoms with Gasteiger partial charge in [0, 0.05) is 29.2 Å². The van der Waals surface area contributed by atoms with Gasteiger partial charge in [-0.15, -0.1) is 0 Å². The monoisotopic (exact) mass is 434 g/mol. The third-order valence-corrected chi connectivity index (χ3v) is 5.66. The lowest BCUT2D eigenvalue weighted by Crippen LogP contribution is -2.54. The lowest BCUT2D eigenvalue weighted by molar-refractivity contribution is -0.126. The van der Waals surface area contributed by atoms with Crippen LogP contribution in [0.4, 0.5) is 10.5 Å². The first-order valence-electron chi connectivity index (χ1n) is 10.9. The average Bonchev–Trinajstić information content (AvgIpc) is 3.19. The first kappa shape index (κ1) is 23.1. The summed E-state index contributed by atoms with van der Waals surface area (Å²) in [5.74, 6) is -0.491. The molecule has 0 radical (unpaired) electrons. The van der Waals surface area contributed by atoms with E-state index in [0.29, 0.717) is 18.5 Å². The second-order valence-corrected chi connectivity index (χ2v) is 8.15. The molecule has 0 unspecified atom stereocenters. The van der Waals surface area contributed by atoms with Crippen LogP contribution in [0.2, 0.25) is 0 Å². The minimum Gasteiger partial charge on any atom is -0.361 e. The molecule has 0 spiro atoms. The number of amides is 3. The molecule has 3 atom stereocenters. The normalized spacial score (nSPS) is 13.7. The van der Waals surface area contributed by atoms with Gasteiger partial charge in [-0.2, -0.15) is 0 Å². The van der Waals surface area contributed by atoms with Crippen molar-refractivity contribution in [2.75, 3.05) is 5.32 Å². The van der Waals surface area contributed by atoms with Crippen molar-refractivity contribution in [3.05, 3.63) is 65.9 Å². The summed E-state index contributed by atoms with van der Waals surface area (Å²) in [6.45, 7) is 5.78. The van der Waals surface area contributed by atoms with Gasteiger partial charge in [0.1, 0.15) is 12.3 Å². The molecule has 1 aromatic heterocycles. The maximum atomic E-state index is 13.0. The van der Waals surface area contributed by atoms with Crippen LogP contribution in [0.25, 0.3) is 10.9 Å². The molecule has 0 aliphatic carbocycles. The van der Waals surface area contributed by atoms with E-state index >= 15 is 0 Å². The van der Waals surface area contributed by atoms with Crippen LogP contribution < -0.4 is 16.0 Å². The Kier molecular flexibility index (Phi) is 7.65. The number of anilines is 1. The number of hydrogen-bond acceptors (Lipinski definition) is 3. The maximum Gasteiger partial charge on any atom is 0.319 e. The number of para-hydroxylation sites is 1. The minimum atomic E-state index is -0.768. The average molecular weight is 435 g/mol. The van der Waals surface area contributed by atoms with Crippen molar-refractivity contribution in [1.82, 2.24) is 15.6 Å². The summed E-state index contributed by atoms with van der Waals surface area (Å²) in [5, 5.41) is 9.35. The molecule has 7 heteroatoms. The highest BCUT2D eigenvalue weighted by Gasteiger charge is 2.28. The van der Waals surface area contributed by atoms with E-state index in [4.69, 9.17) is 0 Å². The Hall–Kier alpha value is -3.61. The number of benzene rings is 2. The number of aromatic nitrogens is 1. The molecular weight excluding hydrogens is 404 g/mol. The quantitative estimate of drug-likeness (QED) is 0.384. The minimum absolute atomic E-state index is 0.112. The molecule has 168 valence electrons. The highest BCUT2D eigenvalue weighted by molar-refractivity contribution is 5.94. The number of carbonyl (C=O) groups excluding carboxylic acids is 3. The Labute approximate surface area is 188 Å². The Morgan fingerprint density at radius 1 is 1.09 bits per heavy atom. The Morgan fingerprint density at radius 2 is 1.88 bits per heavy atom. The van der Waals surface area contributed by atoms with Crippen LogP contribution in [0.15, 0.2) is 54.7 Å². The van der Waals surface area contributed by atoms with E-state index in [2.05, 4.69) is 20.9 Å². The van der Waals surface area contributed by atoms with Gasteiger partial charge in [0.15, 0.2) is 0 Å². The molecule has 3 amide bonds. The first-order valence-corrected chi connectivity index (χ1v) is 10.9. The zero-order chi connectivity index (χ0) is 23.1. The molecule has 0 saturated carbocycles. The van der Waals surface area contributed by atoms with Crippen LogP contribution in [-0.2, 0) is 16.0 Å². The van der Waals surface area contributed by atoms with E-state index in [1.807, 2.05) is 69.4 Å². The number of carbonyl (C=O) groups is 3. The molecular formula is C25H30N4O3. The van der Waals surface area contributed by atoms with Gasteiger partial charge in [-0.1, -0.05) is 50.6 Å². The van der Waals surface area contributed by atoms with E-state index < -0.39 is 18.1 Å². The third kappa shape index (κ3) is 5.75. The van der Waals surface area contributed by atoms with Gasteiger partial charge in [-0.25, -0.2) is 4.79 Å². The zero-order valence-corrected chi connectivity index (χ0v) is 18.6. The van der Waals surface area contributed by atoms with Crippen LogP contribution in [-0.4, -0.2) is 35.3 Å². The molecule has 0 aliphatic heterocycles. The molecule has 3 aromatic rings. The molecule has 2 aromatic carbocycles. The summed E-state index contributed by atoms with van der Waals surface area (Å²) < 4.78 is 0. The smallest absolute Gasteiger partial charge is 0.319 e. The van der Waals surface area contributed by atoms with Gasteiger partial charge < -0.3 is 25.7 Å². The van der Waals surface area contributed by atoms with Crippen LogP contribution in [0.5, 0.6) is 0 Å². The fourth-order valence-corrected chi connectivity index (χ4v) is 3.68. The fraction of sp³-hybridized carbons (Fsp3) is 0.320. The van der Waals surface area contributed by atoms with Gasteiger partial charge in [0.05, 0.1) is 6.04 Å². The molecule has 32 heavy (non-hydrogen) atoms. The van der Waals surface area contributed by atoms with E-state index in [-0.39, 0.29) is 11.8 Å². The molecule has 0 fully saturated rings. The van der Waals surface area contributed by atoms with Crippen molar-refractivity contribution < 1.29 is 14.4 Å². The lowest BCUT2D eigenvalue weighted by Gasteiger charge is -2.25. The molecule has 3 rings (SSSR count). The number of H-pyrrole nitrogens is 1.